The molecule has 5 aromatic rings. The summed E-state index contributed by atoms with van der Waals surface area (Å²) in [5.74, 6) is -1.81. The molecule has 0 radical (unpaired) electrons. The number of hydrogen-bond acceptors (Lipinski definition) is 7. The second-order valence-electron chi connectivity index (χ2n) is 7.19. The van der Waals surface area contributed by atoms with E-state index < -0.39 is 37.8 Å². The van der Waals surface area contributed by atoms with Crippen molar-refractivity contribution < 1.29 is 21.9 Å². The molecule has 0 amide bonds. The van der Waals surface area contributed by atoms with Gasteiger partial charge in [-0.25, -0.2) is 27.2 Å². The average Bonchev–Trinajstić information content (AvgIpc) is 3.50. The number of imidazole rings is 1. The van der Waals surface area contributed by atoms with Crippen LogP contribution in [0.3, 0.4) is 0 Å². The number of nitrogens with zero attached hydrogens (tertiary/aromatic N) is 5. The summed E-state index contributed by atoms with van der Waals surface area (Å²) in [5.41, 5.74) is 0.357. The van der Waals surface area contributed by atoms with E-state index in [1.165, 1.54) is 38.2 Å². The highest BCUT2D eigenvalue weighted by atomic mass is 35.5. The van der Waals surface area contributed by atoms with Crippen LogP contribution < -0.4 is 9.46 Å². The fourth-order valence-corrected chi connectivity index (χ4v) is 4.93. The Morgan fingerprint density at radius 2 is 2.00 bits per heavy atom. The Bertz CT molecular complexity index is 1670. The molecule has 4 heterocycles. The Kier molecular flexibility index (Phi) is 5.57. The molecular formula is C21H14ClF2N7O3S. The number of halogens is 3. The number of benzene rings is 1. The average molecular weight is 518 g/mol. The second-order valence-corrected chi connectivity index (χ2v) is 9.28. The van der Waals surface area contributed by atoms with Gasteiger partial charge >= 0.3 is 0 Å². The Morgan fingerprint density at radius 1 is 1.17 bits per heavy atom. The number of fused-ring (bicyclic) bond motifs is 1. The maximum atomic E-state index is 15.5. The van der Waals surface area contributed by atoms with E-state index in [1.54, 1.807) is 10.5 Å². The van der Waals surface area contributed by atoms with Crippen molar-refractivity contribution in [1.82, 2.24) is 29.5 Å². The molecule has 10 nitrogen and oxygen atoms in total. The van der Waals surface area contributed by atoms with Gasteiger partial charge in [0.05, 0.1) is 28.9 Å². The van der Waals surface area contributed by atoms with E-state index in [4.69, 9.17) is 16.3 Å². The summed E-state index contributed by atoms with van der Waals surface area (Å²) in [4.78, 5) is 10.5. The zero-order valence-electron chi connectivity index (χ0n) is 17.7. The normalized spacial score (nSPS) is 11.7. The van der Waals surface area contributed by atoms with Gasteiger partial charge in [-0.1, -0.05) is 17.7 Å². The molecule has 0 spiro atoms. The number of ether oxygens (including phenoxy) is 1. The molecule has 35 heavy (non-hydrogen) atoms. The lowest BCUT2D eigenvalue weighted by molar-refractivity contribution is 0.385. The first kappa shape index (κ1) is 22.7. The summed E-state index contributed by atoms with van der Waals surface area (Å²) in [6.45, 7) is 0. The molecule has 0 saturated heterocycles. The predicted octanol–water partition coefficient (Wildman–Crippen LogP) is 3.92. The lowest BCUT2D eigenvalue weighted by Crippen LogP contribution is -2.16. The van der Waals surface area contributed by atoms with Gasteiger partial charge in [0, 0.05) is 18.0 Å². The second kappa shape index (κ2) is 8.60. The van der Waals surface area contributed by atoms with Crippen LogP contribution in [0.15, 0.2) is 60.3 Å². The highest BCUT2D eigenvalue weighted by molar-refractivity contribution is 7.92. The van der Waals surface area contributed by atoms with Crippen LogP contribution >= 0.6 is 11.6 Å². The SMILES string of the molecule is COc1ncc(Cl)cc1S(=O)(=O)Nc1ccc(F)c(-c2ccc3c(-c4nnc[nH]4)ncn3c2)c1F. The van der Waals surface area contributed by atoms with Crippen LogP contribution in [-0.4, -0.2) is 45.1 Å². The van der Waals surface area contributed by atoms with Crippen molar-refractivity contribution in [1.29, 1.82) is 0 Å². The zero-order chi connectivity index (χ0) is 24.7. The lowest BCUT2D eigenvalue weighted by atomic mass is 10.0. The minimum atomic E-state index is -4.39. The number of hydrogen-bond donors (Lipinski definition) is 2. The number of anilines is 1. The van der Waals surface area contributed by atoms with Gasteiger partial charge in [0.15, 0.2) is 16.5 Å². The summed E-state index contributed by atoms with van der Waals surface area (Å²) in [6.07, 6.45) is 5.53. The van der Waals surface area contributed by atoms with E-state index in [9.17, 15) is 12.8 Å². The van der Waals surface area contributed by atoms with Gasteiger partial charge in [0.2, 0.25) is 5.88 Å². The summed E-state index contributed by atoms with van der Waals surface area (Å²) < 4.78 is 64.7. The number of pyridine rings is 2. The van der Waals surface area contributed by atoms with Crippen LogP contribution in [0.1, 0.15) is 0 Å². The lowest BCUT2D eigenvalue weighted by Gasteiger charge is -2.14. The largest absolute Gasteiger partial charge is 0.480 e. The van der Waals surface area contributed by atoms with Crippen LogP contribution in [0, 0.1) is 11.6 Å². The summed E-state index contributed by atoms with van der Waals surface area (Å²) in [7, 11) is -3.16. The Balaban J connectivity index is 1.56. The van der Waals surface area contributed by atoms with Gasteiger partial charge < -0.3 is 14.1 Å². The van der Waals surface area contributed by atoms with E-state index in [0.717, 1.165) is 18.2 Å². The van der Waals surface area contributed by atoms with Gasteiger partial charge in [0.25, 0.3) is 10.0 Å². The summed E-state index contributed by atoms with van der Waals surface area (Å²) in [5, 5.41) is 7.67. The quantitative estimate of drug-likeness (QED) is 0.349. The van der Waals surface area contributed by atoms with E-state index in [2.05, 4.69) is 29.9 Å². The molecule has 2 N–H and O–H groups in total. The topological polar surface area (TPSA) is 127 Å². The van der Waals surface area contributed by atoms with Crippen LogP contribution in [0.4, 0.5) is 14.5 Å². The number of rotatable bonds is 6. The first-order valence-electron chi connectivity index (χ1n) is 9.82. The van der Waals surface area contributed by atoms with E-state index in [1.807, 2.05) is 0 Å². The highest BCUT2D eigenvalue weighted by Crippen LogP contribution is 2.34. The highest BCUT2D eigenvalue weighted by Gasteiger charge is 2.25. The molecule has 0 bridgehead atoms. The Labute approximate surface area is 201 Å². The van der Waals surface area contributed by atoms with Gasteiger partial charge in [-0.05, 0) is 24.3 Å². The van der Waals surface area contributed by atoms with Crippen LogP contribution in [-0.2, 0) is 10.0 Å². The molecule has 5 rings (SSSR count). The Morgan fingerprint density at radius 3 is 2.74 bits per heavy atom. The first-order chi connectivity index (χ1) is 16.8. The number of H-pyrrole nitrogens is 1. The van der Waals surface area contributed by atoms with Crippen molar-refractivity contribution in [3.63, 3.8) is 0 Å². The van der Waals surface area contributed by atoms with Crippen molar-refractivity contribution in [2.24, 2.45) is 0 Å². The summed E-state index contributed by atoms with van der Waals surface area (Å²) >= 11 is 5.87. The van der Waals surface area contributed by atoms with Crippen LogP contribution in [0.25, 0.3) is 28.2 Å². The molecule has 178 valence electrons. The van der Waals surface area contributed by atoms with Gasteiger partial charge in [-0.2, -0.15) is 0 Å². The molecule has 0 aliphatic heterocycles. The number of nitrogens with one attached hydrogen (secondary N) is 2. The van der Waals surface area contributed by atoms with Crippen molar-refractivity contribution in [2.45, 2.75) is 4.90 Å². The fraction of sp³-hybridized carbons (Fsp3) is 0.0476. The van der Waals surface area contributed by atoms with E-state index in [-0.39, 0.29) is 16.5 Å². The molecule has 0 aliphatic rings. The Hall–Kier alpha value is -4.10. The van der Waals surface area contributed by atoms with Crippen LogP contribution in [0.5, 0.6) is 5.88 Å². The third kappa shape index (κ3) is 4.04. The van der Waals surface area contributed by atoms with Crippen molar-refractivity contribution in [2.75, 3.05) is 11.8 Å². The van der Waals surface area contributed by atoms with E-state index >= 15 is 4.39 Å². The molecular weight excluding hydrogens is 504 g/mol. The minimum Gasteiger partial charge on any atom is -0.480 e. The zero-order valence-corrected chi connectivity index (χ0v) is 19.3. The minimum absolute atomic E-state index is 0.0322. The first-order valence-corrected chi connectivity index (χ1v) is 11.7. The third-order valence-electron chi connectivity index (χ3n) is 5.06. The molecule has 14 heteroatoms. The molecule has 0 fully saturated rings. The van der Waals surface area contributed by atoms with Crippen LogP contribution in [0.2, 0.25) is 5.02 Å². The maximum Gasteiger partial charge on any atom is 0.267 e. The molecule has 1 aromatic carbocycles. The number of aromatic amines is 1. The smallest absolute Gasteiger partial charge is 0.267 e. The molecule has 0 unspecified atom stereocenters. The fourth-order valence-electron chi connectivity index (χ4n) is 3.50. The van der Waals surface area contributed by atoms with Crippen molar-refractivity contribution in [3.8, 4) is 28.5 Å². The number of methoxy groups -OCH3 is 1. The van der Waals surface area contributed by atoms with E-state index in [0.29, 0.717) is 17.0 Å². The standard InChI is InChI=1S/C21H14ClF2N7O3S/c1-34-21-16(6-12(22)7-25-21)35(32,33)30-14-4-3-13(23)17(18(14)24)11-2-5-15-19(20-26-9-28-29-20)27-10-31(15)8-11/h2-10,30H,1H3,(H,26,28,29). The van der Waals surface area contributed by atoms with Gasteiger partial charge in [-0.15, -0.1) is 10.2 Å². The maximum absolute atomic E-state index is 15.5. The van der Waals surface area contributed by atoms with Gasteiger partial charge in [0.1, 0.15) is 24.2 Å². The van der Waals surface area contributed by atoms with Crippen molar-refractivity contribution in [3.05, 3.63) is 72.0 Å². The predicted molar refractivity (Wildman–Crippen MR) is 123 cm³/mol. The number of sulfonamides is 1. The number of aromatic nitrogens is 6. The molecule has 4 aromatic heterocycles. The monoisotopic (exact) mass is 517 g/mol. The molecule has 0 saturated carbocycles. The van der Waals surface area contributed by atoms with Crippen molar-refractivity contribution >= 4 is 32.8 Å². The molecule has 0 atom stereocenters. The van der Waals surface area contributed by atoms with Gasteiger partial charge in [-0.3, -0.25) is 4.72 Å². The third-order valence-corrected chi connectivity index (χ3v) is 6.63. The summed E-state index contributed by atoms with van der Waals surface area (Å²) in [6, 6.07) is 6.14. The molecule has 0 aliphatic carbocycles.